The predicted molar refractivity (Wildman–Crippen MR) is 102 cm³/mol. The number of benzene rings is 2. The number of halogens is 1. The first-order valence-corrected chi connectivity index (χ1v) is 10.5. The maximum absolute atomic E-state index is 2.39. The van der Waals surface area contributed by atoms with Crippen LogP contribution in [-0.4, -0.2) is 12.3 Å². The second kappa shape index (κ2) is 6.69. The summed E-state index contributed by atoms with van der Waals surface area (Å²) < 4.78 is 0. The van der Waals surface area contributed by atoms with Crippen molar-refractivity contribution in [3.63, 3.8) is 0 Å². The van der Waals surface area contributed by atoms with Gasteiger partial charge in [-0.05, 0) is 63.8 Å². The third kappa shape index (κ3) is 3.03. The summed E-state index contributed by atoms with van der Waals surface area (Å²) in [7, 11) is -1.16. The van der Waals surface area contributed by atoms with Gasteiger partial charge in [-0.25, -0.2) is 0 Å². The standard InChI is InChI=1S/C21H28P.BrH/c1-14-10-16(3)20(17(4)11-14)22(8-7-9-22)21-18(5)12-15(2)13-19(21)6;/h10-13H,7-9H2,1-6H3;1H/q+1;/p-1. The minimum atomic E-state index is -1.16. The van der Waals surface area contributed by atoms with Crippen LogP contribution in [0.4, 0.5) is 0 Å². The molecule has 124 valence electrons. The number of aryl methyl sites for hydroxylation is 6. The first-order chi connectivity index (χ1) is 10.3. The van der Waals surface area contributed by atoms with Gasteiger partial charge in [-0.15, -0.1) is 0 Å². The van der Waals surface area contributed by atoms with E-state index < -0.39 is 7.26 Å². The van der Waals surface area contributed by atoms with E-state index in [1.54, 1.807) is 10.6 Å². The van der Waals surface area contributed by atoms with Gasteiger partial charge in [0.15, 0.2) is 0 Å². The normalized spacial score (nSPS) is 15.7. The SMILES string of the molecule is Cc1cc(C)c([P+]2(c3c(C)cc(C)cc3C)CCC2)c(C)c1.[Br-]. The molecule has 0 bridgehead atoms. The molecule has 0 N–H and O–H groups in total. The highest BCUT2D eigenvalue weighted by Crippen LogP contribution is 2.66. The summed E-state index contributed by atoms with van der Waals surface area (Å²) in [6.45, 7) is 13.8. The Morgan fingerprint density at radius 1 is 0.609 bits per heavy atom. The first kappa shape index (κ1) is 18.7. The second-order valence-electron chi connectivity index (χ2n) is 7.26. The molecule has 0 aromatic heterocycles. The Bertz CT molecular complexity index is 636. The fourth-order valence-electron chi connectivity index (χ4n) is 4.73. The molecule has 0 spiro atoms. The van der Waals surface area contributed by atoms with Gasteiger partial charge < -0.3 is 17.0 Å². The molecule has 1 heterocycles. The van der Waals surface area contributed by atoms with Crippen molar-refractivity contribution in [3.8, 4) is 0 Å². The zero-order valence-corrected chi connectivity index (χ0v) is 17.7. The maximum atomic E-state index is 2.39. The van der Waals surface area contributed by atoms with Crippen molar-refractivity contribution >= 4 is 17.9 Å². The van der Waals surface area contributed by atoms with Crippen LogP contribution in [0, 0.1) is 41.5 Å². The highest BCUT2D eigenvalue weighted by molar-refractivity contribution is 7.91. The summed E-state index contributed by atoms with van der Waals surface area (Å²) in [6.07, 6.45) is 4.21. The summed E-state index contributed by atoms with van der Waals surface area (Å²) in [4.78, 5) is 0. The summed E-state index contributed by atoms with van der Waals surface area (Å²) in [5.74, 6) is 0. The number of rotatable bonds is 2. The van der Waals surface area contributed by atoms with Crippen molar-refractivity contribution in [2.75, 3.05) is 12.3 Å². The van der Waals surface area contributed by atoms with E-state index in [2.05, 4.69) is 65.8 Å². The van der Waals surface area contributed by atoms with E-state index in [0.29, 0.717) is 0 Å². The van der Waals surface area contributed by atoms with Gasteiger partial charge in [0.2, 0.25) is 0 Å². The Hall–Kier alpha value is -0.650. The van der Waals surface area contributed by atoms with E-state index in [1.807, 2.05) is 0 Å². The minimum absolute atomic E-state index is 0. The molecule has 1 fully saturated rings. The van der Waals surface area contributed by atoms with Crippen molar-refractivity contribution < 1.29 is 17.0 Å². The van der Waals surface area contributed by atoms with E-state index >= 15 is 0 Å². The van der Waals surface area contributed by atoms with Crippen molar-refractivity contribution in [1.29, 1.82) is 0 Å². The zero-order chi connectivity index (χ0) is 16.1. The Labute approximate surface area is 152 Å². The Balaban J connectivity index is 0.00000192. The molecule has 1 aliphatic rings. The second-order valence-corrected chi connectivity index (χ2v) is 11.0. The topological polar surface area (TPSA) is 0 Å². The lowest BCUT2D eigenvalue weighted by Crippen LogP contribution is -3.00. The molecule has 0 nitrogen and oxygen atoms in total. The average Bonchev–Trinajstić information content (AvgIpc) is 2.32. The molecular weight excluding hydrogens is 363 g/mol. The molecule has 0 atom stereocenters. The van der Waals surface area contributed by atoms with Crippen LogP contribution in [0.15, 0.2) is 24.3 Å². The van der Waals surface area contributed by atoms with Crippen molar-refractivity contribution in [3.05, 3.63) is 57.6 Å². The van der Waals surface area contributed by atoms with Crippen LogP contribution in [0.3, 0.4) is 0 Å². The minimum Gasteiger partial charge on any atom is -1.00 e. The van der Waals surface area contributed by atoms with Crippen LogP contribution in [0.25, 0.3) is 0 Å². The van der Waals surface area contributed by atoms with Crippen LogP contribution in [-0.2, 0) is 0 Å². The number of hydrogen-bond donors (Lipinski definition) is 0. The van der Waals surface area contributed by atoms with Crippen molar-refractivity contribution in [1.82, 2.24) is 0 Å². The largest absolute Gasteiger partial charge is 1.00 e. The summed E-state index contributed by atoms with van der Waals surface area (Å²) >= 11 is 0. The molecule has 2 aromatic rings. The van der Waals surface area contributed by atoms with Gasteiger partial charge in [-0.1, -0.05) is 35.4 Å². The van der Waals surface area contributed by atoms with E-state index in [-0.39, 0.29) is 17.0 Å². The predicted octanol–water partition coefficient (Wildman–Crippen LogP) is 1.91. The molecule has 0 aliphatic carbocycles. The highest BCUT2D eigenvalue weighted by atomic mass is 79.9. The lowest BCUT2D eigenvalue weighted by Gasteiger charge is -2.38. The molecule has 2 aromatic carbocycles. The molecule has 3 rings (SSSR count). The lowest BCUT2D eigenvalue weighted by molar-refractivity contribution is -0.00000492. The smallest absolute Gasteiger partial charge is 0.105 e. The zero-order valence-electron chi connectivity index (χ0n) is 15.3. The molecule has 0 unspecified atom stereocenters. The van der Waals surface area contributed by atoms with Gasteiger partial charge in [0.25, 0.3) is 0 Å². The van der Waals surface area contributed by atoms with Gasteiger partial charge in [0.1, 0.15) is 10.6 Å². The third-order valence-electron chi connectivity index (χ3n) is 5.21. The van der Waals surface area contributed by atoms with Crippen LogP contribution >= 0.6 is 7.26 Å². The Morgan fingerprint density at radius 3 is 1.13 bits per heavy atom. The van der Waals surface area contributed by atoms with Crippen molar-refractivity contribution in [2.45, 2.75) is 48.0 Å². The van der Waals surface area contributed by atoms with Crippen LogP contribution in [0.5, 0.6) is 0 Å². The Kier molecular flexibility index (Phi) is 5.44. The fraction of sp³-hybridized carbons (Fsp3) is 0.429. The molecule has 1 aliphatic heterocycles. The molecule has 0 amide bonds. The first-order valence-electron chi connectivity index (χ1n) is 8.39. The van der Waals surface area contributed by atoms with Crippen LogP contribution in [0.1, 0.15) is 39.8 Å². The van der Waals surface area contributed by atoms with E-state index in [4.69, 9.17) is 0 Å². The third-order valence-corrected chi connectivity index (χ3v) is 10.5. The van der Waals surface area contributed by atoms with Crippen LogP contribution < -0.4 is 27.6 Å². The highest BCUT2D eigenvalue weighted by Gasteiger charge is 2.52. The molecular formula is C21H28BrP. The van der Waals surface area contributed by atoms with Crippen molar-refractivity contribution in [2.24, 2.45) is 0 Å². The molecule has 1 saturated heterocycles. The van der Waals surface area contributed by atoms with E-state index in [9.17, 15) is 0 Å². The van der Waals surface area contributed by atoms with Gasteiger partial charge >= 0.3 is 0 Å². The van der Waals surface area contributed by atoms with Gasteiger partial charge in [0, 0.05) is 6.42 Å². The molecule has 0 saturated carbocycles. The monoisotopic (exact) mass is 390 g/mol. The fourth-order valence-corrected chi connectivity index (χ4v) is 9.75. The summed E-state index contributed by atoms with van der Waals surface area (Å²) in [5.41, 5.74) is 8.87. The molecule has 23 heavy (non-hydrogen) atoms. The average molecular weight is 391 g/mol. The lowest BCUT2D eigenvalue weighted by atomic mass is 10.1. The van der Waals surface area contributed by atoms with Gasteiger partial charge in [0.05, 0.1) is 19.6 Å². The number of hydrogen-bond acceptors (Lipinski definition) is 0. The Morgan fingerprint density at radius 2 is 0.913 bits per heavy atom. The maximum Gasteiger partial charge on any atom is 0.105 e. The van der Waals surface area contributed by atoms with Crippen LogP contribution in [0.2, 0.25) is 0 Å². The quantitative estimate of drug-likeness (QED) is 0.687. The van der Waals surface area contributed by atoms with Gasteiger partial charge in [-0.2, -0.15) is 0 Å². The molecule has 0 radical (unpaired) electrons. The summed E-state index contributed by atoms with van der Waals surface area (Å²) in [6, 6.07) is 9.56. The van der Waals surface area contributed by atoms with E-state index in [0.717, 1.165) is 0 Å². The molecule has 2 heteroatoms. The van der Waals surface area contributed by atoms with E-state index in [1.165, 1.54) is 52.1 Å². The summed E-state index contributed by atoms with van der Waals surface area (Å²) in [5, 5.41) is 3.42. The van der Waals surface area contributed by atoms with Gasteiger partial charge in [-0.3, -0.25) is 0 Å².